The van der Waals surface area contributed by atoms with Crippen molar-refractivity contribution in [3.63, 3.8) is 0 Å². The Hall–Kier alpha value is -2.13. The maximum absolute atomic E-state index is 13.0. The Balaban J connectivity index is 1.78. The third-order valence-corrected chi connectivity index (χ3v) is 4.44. The van der Waals surface area contributed by atoms with Gasteiger partial charge >= 0.3 is 0 Å². The lowest BCUT2D eigenvalue weighted by atomic mass is 9.95. The van der Waals surface area contributed by atoms with Crippen molar-refractivity contribution >= 4 is 5.91 Å². The summed E-state index contributed by atoms with van der Waals surface area (Å²) in [6.45, 7) is 3.29. The zero-order valence-electron chi connectivity index (χ0n) is 13.0. The van der Waals surface area contributed by atoms with Crippen molar-refractivity contribution in [3.8, 4) is 0 Å². The molecule has 3 nitrogen and oxygen atoms in total. The molecule has 0 saturated heterocycles. The number of carbonyl (C=O) groups excluding carboxylic acids is 1. The summed E-state index contributed by atoms with van der Waals surface area (Å²) in [5.41, 5.74) is 9.24. The number of amides is 1. The molecule has 22 heavy (non-hydrogen) atoms. The predicted octanol–water partition coefficient (Wildman–Crippen LogP) is 2.53. The van der Waals surface area contributed by atoms with E-state index in [-0.39, 0.29) is 5.91 Å². The highest BCUT2D eigenvalue weighted by Crippen LogP contribution is 2.30. The van der Waals surface area contributed by atoms with Crippen LogP contribution in [0.4, 0.5) is 0 Å². The Morgan fingerprint density at radius 1 is 1.05 bits per heavy atom. The molecule has 0 fully saturated rings. The fourth-order valence-corrected chi connectivity index (χ4v) is 3.24. The molecule has 3 rings (SSSR count). The second kappa shape index (κ2) is 5.93. The van der Waals surface area contributed by atoms with Crippen LogP contribution in [0.25, 0.3) is 0 Å². The minimum Gasteiger partial charge on any atom is -0.337 e. The number of carbonyl (C=O) groups is 1. The van der Waals surface area contributed by atoms with Gasteiger partial charge < -0.3 is 10.6 Å². The normalized spacial score (nSPS) is 15.4. The summed E-state index contributed by atoms with van der Waals surface area (Å²) in [6.07, 6.45) is 1.26. The van der Waals surface area contributed by atoms with Gasteiger partial charge in [-0.05, 0) is 36.5 Å². The molecule has 0 aromatic heterocycles. The van der Waals surface area contributed by atoms with Crippen LogP contribution in [0, 0.1) is 0 Å². The Kier molecular flexibility index (Phi) is 3.99. The van der Waals surface area contributed by atoms with Crippen LogP contribution in [-0.4, -0.2) is 22.9 Å². The lowest BCUT2D eigenvalue weighted by Gasteiger charge is -2.31. The van der Waals surface area contributed by atoms with Crippen LogP contribution in [0.5, 0.6) is 0 Å². The summed E-state index contributed by atoms with van der Waals surface area (Å²) < 4.78 is 0. The summed E-state index contributed by atoms with van der Waals surface area (Å²) in [6, 6.07) is 18.2. The standard InChI is InChI=1S/C19H22N2O/c1-2-21(14-15-8-4-3-5-9-15)18(22)19(20)12-16-10-6-7-11-17(16)13-19/h3-11H,2,12-14,20H2,1H3. The molecule has 1 amide bonds. The molecule has 0 unspecified atom stereocenters. The Morgan fingerprint density at radius 3 is 2.14 bits per heavy atom. The average Bonchev–Trinajstić information content (AvgIpc) is 2.90. The molecule has 0 bridgehead atoms. The smallest absolute Gasteiger partial charge is 0.243 e. The molecular formula is C19H22N2O. The molecule has 0 spiro atoms. The van der Waals surface area contributed by atoms with Crippen molar-refractivity contribution in [1.82, 2.24) is 4.90 Å². The van der Waals surface area contributed by atoms with E-state index in [1.807, 2.05) is 54.3 Å². The Labute approximate surface area is 131 Å². The molecule has 2 aromatic carbocycles. The van der Waals surface area contributed by atoms with E-state index in [1.165, 1.54) is 11.1 Å². The summed E-state index contributed by atoms with van der Waals surface area (Å²) >= 11 is 0. The maximum atomic E-state index is 13.0. The first-order chi connectivity index (χ1) is 10.6. The second-order valence-corrected chi connectivity index (χ2v) is 6.08. The van der Waals surface area contributed by atoms with Crippen LogP contribution < -0.4 is 5.73 Å². The number of fused-ring (bicyclic) bond motifs is 1. The number of rotatable bonds is 4. The molecule has 3 heteroatoms. The minimum atomic E-state index is -0.797. The van der Waals surface area contributed by atoms with E-state index in [1.54, 1.807) is 0 Å². The molecule has 1 aliphatic rings. The Bertz CT molecular complexity index is 641. The third-order valence-electron chi connectivity index (χ3n) is 4.44. The summed E-state index contributed by atoms with van der Waals surface area (Å²) in [4.78, 5) is 14.8. The third kappa shape index (κ3) is 2.77. The van der Waals surface area contributed by atoms with Gasteiger partial charge in [0.15, 0.2) is 0 Å². The average molecular weight is 294 g/mol. The quantitative estimate of drug-likeness (QED) is 0.942. The van der Waals surface area contributed by atoms with E-state index in [9.17, 15) is 4.79 Å². The number of nitrogens with zero attached hydrogens (tertiary/aromatic N) is 1. The van der Waals surface area contributed by atoms with Crippen molar-refractivity contribution in [3.05, 3.63) is 71.3 Å². The van der Waals surface area contributed by atoms with E-state index >= 15 is 0 Å². The van der Waals surface area contributed by atoms with Gasteiger partial charge in [-0.2, -0.15) is 0 Å². The predicted molar refractivity (Wildman–Crippen MR) is 88.3 cm³/mol. The van der Waals surface area contributed by atoms with E-state index < -0.39 is 5.54 Å². The lowest BCUT2D eigenvalue weighted by molar-refractivity contribution is -0.137. The van der Waals surface area contributed by atoms with Gasteiger partial charge in [0.1, 0.15) is 5.54 Å². The number of likely N-dealkylation sites (N-methyl/N-ethyl adjacent to an activating group) is 1. The molecule has 0 aliphatic heterocycles. The highest BCUT2D eigenvalue weighted by atomic mass is 16.2. The van der Waals surface area contributed by atoms with Crippen LogP contribution in [-0.2, 0) is 24.2 Å². The summed E-state index contributed by atoms with van der Waals surface area (Å²) in [5, 5.41) is 0. The van der Waals surface area contributed by atoms with E-state index in [0.717, 1.165) is 5.56 Å². The van der Waals surface area contributed by atoms with Crippen LogP contribution in [0.15, 0.2) is 54.6 Å². The van der Waals surface area contributed by atoms with Crippen molar-refractivity contribution in [2.24, 2.45) is 5.73 Å². The van der Waals surface area contributed by atoms with Gasteiger partial charge in [0.05, 0.1) is 0 Å². The van der Waals surface area contributed by atoms with Gasteiger partial charge in [0.2, 0.25) is 5.91 Å². The fraction of sp³-hybridized carbons (Fsp3) is 0.316. The molecule has 0 saturated carbocycles. The van der Waals surface area contributed by atoms with Gasteiger partial charge in [0, 0.05) is 13.1 Å². The Morgan fingerprint density at radius 2 is 1.59 bits per heavy atom. The number of hydrogen-bond acceptors (Lipinski definition) is 2. The summed E-state index contributed by atoms with van der Waals surface area (Å²) in [5.74, 6) is 0.0510. The topological polar surface area (TPSA) is 46.3 Å². The molecular weight excluding hydrogens is 272 g/mol. The minimum absolute atomic E-state index is 0.0510. The SMILES string of the molecule is CCN(Cc1ccccc1)C(=O)C1(N)Cc2ccccc2C1. The number of nitrogens with two attached hydrogens (primary N) is 1. The van der Waals surface area contributed by atoms with Gasteiger partial charge in [-0.3, -0.25) is 4.79 Å². The zero-order chi connectivity index (χ0) is 15.6. The maximum Gasteiger partial charge on any atom is 0.243 e. The largest absolute Gasteiger partial charge is 0.337 e. The molecule has 0 atom stereocenters. The number of hydrogen-bond donors (Lipinski definition) is 1. The highest BCUT2D eigenvalue weighted by Gasteiger charge is 2.42. The first kappa shape index (κ1) is 14.8. The van der Waals surface area contributed by atoms with Crippen molar-refractivity contribution in [1.29, 1.82) is 0 Å². The van der Waals surface area contributed by atoms with Crippen molar-refractivity contribution < 1.29 is 4.79 Å². The first-order valence-corrected chi connectivity index (χ1v) is 7.81. The van der Waals surface area contributed by atoms with Crippen molar-refractivity contribution in [2.45, 2.75) is 31.8 Å². The molecule has 0 heterocycles. The van der Waals surface area contributed by atoms with Gasteiger partial charge in [-0.1, -0.05) is 54.6 Å². The highest BCUT2D eigenvalue weighted by molar-refractivity contribution is 5.88. The first-order valence-electron chi connectivity index (χ1n) is 7.81. The summed E-state index contributed by atoms with van der Waals surface area (Å²) in [7, 11) is 0. The van der Waals surface area contributed by atoms with Crippen LogP contribution in [0.3, 0.4) is 0 Å². The molecule has 114 valence electrons. The molecule has 2 aromatic rings. The number of benzene rings is 2. The lowest BCUT2D eigenvalue weighted by Crippen LogP contribution is -2.55. The fourth-order valence-electron chi connectivity index (χ4n) is 3.24. The van der Waals surface area contributed by atoms with Gasteiger partial charge in [-0.25, -0.2) is 0 Å². The van der Waals surface area contributed by atoms with E-state index in [0.29, 0.717) is 25.9 Å². The van der Waals surface area contributed by atoms with Gasteiger partial charge in [0.25, 0.3) is 0 Å². The zero-order valence-corrected chi connectivity index (χ0v) is 13.0. The van der Waals surface area contributed by atoms with E-state index in [4.69, 9.17) is 5.73 Å². The molecule has 1 aliphatic carbocycles. The van der Waals surface area contributed by atoms with E-state index in [2.05, 4.69) is 12.1 Å². The van der Waals surface area contributed by atoms with Crippen LogP contribution >= 0.6 is 0 Å². The van der Waals surface area contributed by atoms with Gasteiger partial charge in [-0.15, -0.1) is 0 Å². The molecule has 0 radical (unpaired) electrons. The van der Waals surface area contributed by atoms with Crippen LogP contribution in [0.2, 0.25) is 0 Å². The monoisotopic (exact) mass is 294 g/mol. The van der Waals surface area contributed by atoms with Crippen molar-refractivity contribution in [2.75, 3.05) is 6.54 Å². The van der Waals surface area contributed by atoms with Crippen LogP contribution in [0.1, 0.15) is 23.6 Å². The second-order valence-electron chi connectivity index (χ2n) is 6.08. The molecule has 2 N–H and O–H groups in total.